The van der Waals surface area contributed by atoms with Gasteiger partial charge in [0.25, 0.3) is 5.91 Å². The van der Waals surface area contributed by atoms with E-state index in [-0.39, 0.29) is 5.91 Å². The van der Waals surface area contributed by atoms with Gasteiger partial charge in [-0.05, 0) is 48.9 Å². The number of aromatic nitrogens is 5. The molecule has 0 bridgehead atoms. The second-order valence-electron chi connectivity index (χ2n) is 7.82. The van der Waals surface area contributed by atoms with E-state index < -0.39 is 6.04 Å². The lowest BCUT2D eigenvalue weighted by molar-refractivity contribution is -0.113. The van der Waals surface area contributed by atoms with Gasteiger partial charge in [0, 0.05) is 29.9 Å². The van der Waals surface area contributed by atoms with Gasteiger partial charge < -0.3 is 20.1 Å². The number of benzene rings is 1. The maximum atomic E-state index is 13.6. The number of nitrogens with zero attached hydrogens (tertiary/aromatic N) is 5. The first-order valence-electron chi connectivity index (χ1n) is 10.9. The van der Waals surface area contributed by atoms with Crippen molar-refractivity contribution in [3.63, 3.8) is 0 Å². The molecule has 176 valence electrons. The zero-order chi connectivity index (χ0) is 24.4. The zero-order valence-electron chi connectivity index (χ0n) is 19.4. The molecular weight excluding hydrogens is 446 g/mol. The van der Waals surface area contributed by atoms with Gasteiger partial charge >= 0.3 is 0 Å². The first kappa shape index (κ1) is 22.1. The highest BCUT2D eigenvalue weighted by Gasteiger charge is 2.35. The van der Waals surface area contributed by atoms with Gasteiger partial charge in [0.1, 0.15) is 6.04 Å². The van der Waals surface area contributed by atoms with Gasteiger partial charge in [-0.25, -0.2) is 4.68 Å². The lowest BCUT2D eigenvalue weighted by atomic mass is 9.94. The molecule has 0 saturated heterocycles. The van der Waals surface area contributed by atoms with Crippen LogP contribution in [0.2, 0.25) is 0 Å². The van der Waals surface area contributed by atoms with Crippen LogP contribution in [0.3, 0.4) is 0 Å². The number of ether oxygens (including phenoxy) is 2. The second-order valence-corrected chi connectivity index (χ2v) is 7.82. The van der Waals surface area contributed by atoms with E-state index in [0.717, 1.165) is 11.1 Å². The molecule has 1 atom stereocenters. The summed E-state index contributed by atoms with van der Waals surface area (Å²) in [6, 6.07) is 12.2. The molecule has 4 aromatic rings. The highest BCUT2D eigenvalue weighted by Crippen LogP contribution is 2.39. The number of rotatable bonds is 6. The van der Waals surface area contributed by atoms with Crippen LogP contribution in [0.15, 0.2) is 78.5 Å². The standard InChI is InChI=1S/C25H23N7O3/c1-15-21(24(33)29-18-7-5-11-27-14-18)22(16-8-9-19(34-2)20(12-16)35-3)32-25(28-15)30-23(31-32)17-6-4-10-26-13-17/h4-14,22H,1-3H3,(H,29,33)(H,28,30,31). The van der Waals surface area contributed by atoms with Gasteiger partial charge in [0.15, 0.2) is 17.3 Å². The Kier molecular flexibility index (Phi) is 5.84. The van der Waals surface area contributed by atoms with Crippen molar-refractivity contribution in [2.24, 2.45) is 0 Å². The van der Waals surface area contributed by atoms with E-state index >= 15 is 0 Å². The van der Waals surface area contributed by atoms with Crippen LogP contribution in [-0.4, -0.2) is 44.9 Å². The van der Waals surface area contributed by atoms with Crippen molar-refractivity contribution in [2.45, 2.75) is 13.0 Å². The van der Waals surface area contributed by atoms with E-state index in [0.29, 0.717) is 40.2 Å². The Morgan fingerprint density at radius 1 is 1.03 bits per heavy atom. The van der Waals surface area contributed by atoms with Gasteiger partial charge in [-0.15, -0.1) is 5.10 Å². The number of carbonyl (C=O) groups excluding carboxylic acids is 1. The summed E-state index contributed by atoms with van der Waals surface area (Å²) in [6.45, 7) is 1.84. The molecule has 10 heteroatoms. The molecule has 10 nitrogen and oxygen atoms in total. The monoisotopic (exact) mass is 469 g/mol. The predicted molar refractivity (Wildman–Crippen MR) is 130 cm³/mol. The van der Waals surface area contributed by atoms with Crippen LogP contribution in [-0.2, 0) is 4.79 Å². The minimum Gasteiger partial charge on any atom is -0.493 e. The number of methoxy groups -OCH3 is 2. The van der Waals surface area contributed by atoms with Gasteiger partial charge in [-0.2, -0.15) is 4.98 Å². The van der Waals surface area contributed by atoms with E-state index in [1.165, 1.54) is 0 Å². The summed E-state index contributed by atoms with van der Waals surface area (Å²) in [5.74, 6) is 1.85. The number of hydrogen-bond donors (Lipinski definition) is 2. The average Bonchev–Trinajstić information content (AvgIpc) is 3.32. The Bertz CT molecular complexity index is 1400. The van der Waals surface area contributed by atoms with Crippen molar-refractivity contribution in [1.29, 1.82) is 0 Å². The molecule has 1 aliphatic rings. The molecule has 0 saturated carbocycles. The van der Waals surface area contributed by atoms with Crippen LogP contribution in [0.5, 0.6) is 11.5 Å². The minimum absolute atomic E-state index is 0.285. The van der Waals surface area contributed by atoms with Gasteiger partial charge in [-0.3, -0.25) is 14.8 Å². The van der Waals surface area contributed by atoms with Crippen LogP contribution in [0.25, 0.3) is 11.4 Å². The third kappa shape index (κ3) is 4.17. The van der Waals surface area contributed by atoms with E-state index in [1.54, 1.807) is 61.9 Å². The fraction of sp³-hybridized carbons (Fsp3) is 0.160. The van der Waals surface area contributed by atoms with Gasteiger partial charge in [0.2, 0.25) is 5.95 Å². The maximum absolute atomic E-state index is 13.6. The van der Waals surface area contributed by atoms with Gasteiger partial charge in [-0.1, -0.05) is 6.07 Å². The molecule has 0 spiro atoms. The second kappa shape index (κ2) is 9.26. The van der Waals surface area contributed by atoms with Crippen LogP contribution < -0.4 is 20.1 Å². The summed E-state index contributed by atoms with van der Waals surface area (Å²) >= 11 is 0. The number of pyridine rings is 2. The molecule has 1 amide bonds. The van der Waals surface area contributed by atoms with Crippen LogP contribution in [0.1, 0.15) is 18.5 Å². The van der Waals surface area contributed by atoms with Crippen molar-refractivity contribution < 1.29 is 14.3 Å². The quantitative estimate of drug-likeness (QED) is 0.439. The smallest absolute Gasteiger partial charge is 0.255 e. The van der Waals surface area contributed by atoms with Gasteiger partial charge in [0.05, 0.1) is 31.7 Å². The van der Waals surface area contributed by atoms with Crippen molar-refractivity contribution in [1.82, 2.24) is 24.7 Å². The largest absolute Gasteiger partial charge is 0.493 e. The number of carbonyl (C=O) groups is 1. The fourth-order valence-corrected chi connectivity index (χ4v) is 4.03. The van der Waals surface area contributed by atoms with Crippen LogP contribution in [0.4, 0.5) is 11.6 Å². The molecule has 5 rings (SSSR count). The molecule has 3 aromatic heterocycles. The number of hydrogen-bond acceptors (Lipinski definition) is 8. The summed E-state index contributed by atoms with van der Waals surface area (Å²) in [7, 11) is 3.15. The van der Waals surface area contributed by atoms with Crippen molar-refractivity contribution in [3.8, 4) is 22.9 Å². The Morgan fingerprint density at radius 3 is 2.49 bits per heavy atom. The Hall–Kier alpha value is -4.73. The molecule has 1 unspecified atom stereocenters. The van der Waals surface area contributed by atoms with E-state index in [4.69, 9.17) is 14.6 Å². The Morgan fingerprint density at radius 2 is 1.80 bits per heavy atom. The zero-order valence-corrected chi connectivity index (χ0v) is 19.4. The minimum atomic E-state index is -0.583. The molecule has 1 aliphatic heterocycles. The summed E-state index contributed by atoms with van der Waals surface area (Å²) in [5, 5.41) is 10.9. The van der Waals surface area contributed by atoms with E-state index in [1.807, 2.05) is 31.2 Å². The van der Waals surface area contributed by atoms with Crippen LogP contribution in [0, 0.1) is 0 Å². The molecule has 1 aromatic carbocycles. The number of allylic oxidation sites excluding steroid dienone is 1. The third-order valence-electron chi connectivity index (χ3n) is 5.66. The Balaban J connectivity index is 1.63. The molecule has 0 radical (unpaired) electrons. The lowest BCUT2D eigenvalue weighted by Gasteiger charge is -2.29. The first-order chi connectivity index (χ1) is 17.1. The molecule has 4 heterocycles. The Labute approximate surface area is 201 Å². The van der Waals surface area contributed by atoms with E-state index in [2.05, 4.69) is 25.6 Å². The maximum Gasteiger partial charge on any atom is 0.255 e. The average molecular weight is 470 g/mol. The van der Waals surface area contributed by atoms with Crippen molar-refractivity contribution in [3.05, 3.63) is 84.1 Å². The predicted octanol–water partition coefficient (Wildman–Crippen LogP) is 3.68. The molecular formula is C25H23N7O3. The number of nitrogens with one attached hydrogen (secondary N) is 2. The number of amides is 1. The fourth-order valence-electron chi connectivity index (χ4n) is 4.03. The summed E-state index contributed by atoms with van der Waals surface area (Å²) in [6.07, 6.45) is 6.63. The first-order valence-corrected chi connectivity index (χ1v) is 10.9. The number of anilines is 2. The SMILES string of the molecule is COc1ccc(C2C(C(=O)Nc3cccnc3)=C(C)Nc3nc(-c4cccnc4)nn32)cc1OC. The van der Waals surface area contributed by atoms with E-state index in [9.17, 15) is 4.79 Å². The molecule has 0 aliphatic carbocycles. The number of fused-ring (bicyclic) bond motifs is 1. The topological polar surface area (TPSA) is 116 Å². The van der Waals surface area contributed by atoms with Crippen molar-refractivity contribution >= 4 is 17.5 Å². The molecule has 35 heavy (non-hydrogen) atoms. The third-order valence-corrected chi connectivity index (χ3v) is 5.66. The van der Waals surface area contributed by atoms with Crippen molar-refractivity contribution in [2.75, 3.05) is 24.9 Å². The molecule has 0 fully saturated rings. The molecule has 2 N–H and O–H groups in total. The summed E-state index contributed by atoms with van der Waals surface area (Å²) in [4.78, 5) is 26.5. The lowest BCUT2D eigenvalue weighted by Crippen LogP contribution is -2.31. The van der Waals surface area contributed by atoms with Crippen LogP contribution >= 0.6 is 0 Å². The summed E-state index contributed by atoms with van der Waals surface area (Å²) < 4.78 is 12.6. The normalized spacial score (nSPS) is 14.7. The summed E-state index contributed by atoms with van der Waals surface area (Å²) in [5.41, 5.74) is 3.27. The highest BCUT2D eigenvalue weighted by atomic mass is 16.5. The highest BCUT2D eigenvalue weighted by molar-refractivity contribution is 6.06.